The minimum atomic E-state index is 0.291. The second-order valence-corrected chi connectivity index (χ2v) is 3.39. The Morgan fingerprint density at radius 2 is 1.77 bits per heavy atom. The van der Waals surface area contributed by atoms with Crippen molar-refractivity contribution in [3.05, 3.63) is 0 Å². The van der Waals surface area contributed by atoms with Gasteiger partial charge >= 0.3 is 0 Å². The zero-order valence-corrected chi connectivity index (χ0v) is 9.31. The molecule has 2 heteroatoms. The van der Waals surface area contributed by atoms with Gasteiger partial charge in [-0.15, -0.1) is 0 Å². The third-order valence-electron chi connectivity index (χ3n) is 2.32. The fourth-order valence-corrected chi connectivity index (χ4v) is 1.41. The van der Waals surface area contributed by atoms with Crippen LogP contribution in [-0.2, 0) is 4.79 Å². The SMILES string of the molecule is CCCCCCN(CC)C(=O)CC. The van der Waals surface area contributed by atoms with E-state index >= 15 is 0 Å². The van der Waals surface area contributed by atoms with E-state index in [9.17, 15) is 4.79 Å². The molecular formula is C11H23NO. The highest BCUT2D eigenvalue weighted by Crippen LogP contribution is 2.02. The average molecular weight is 185 g/mol. The fourth-order valence-electron chi connectivity index (χ4n) is 1.41. The number of carbonyl (C=O) groups is 1. The van der Waals surface area contributed by atoms with Crippen molar-refractivity contribution in [2.75, 3.05) is 13.1 Å². The summed E-state index contributed by atoms with van der Waals surface area (Å²) in [5.74, 6) is 0.291. The maximum Gasteiger partial charge on any atom is 0.222 e. The van der Waals surface area contributed by atoms with Crippen LogP contribution in [0.4, 0.5) is 0 Å². The van der Waals surface area contributed by atoms with Gasteiger partial charge in [-0.2, -0.15) is 0 Å². The Bertz CT molecular complexity index is 134. The molecule has 0 radical (unpaired) electrons. The molecule has 2 nitrogen and oxygen atoms in total. The number of amides is 1. The zero-order chi connectivity index (χ0) is 10.1. The van der Waals surface area contributed by atoms with Crippen molar-refractivity contribution in [2.45, 2.75) is 52.9 Å². The van der Waals surface area contributed by atoms with Gasteiger partial charge in [-0.1, -0.05) is 33.1 Å². The largest absolute Gasteiger partial charge is 0.343 e. The van der Waals surface area contributed by atoms with Crippen LogP contribution in [0.25, 0.3) is 0 Å². The van der Waals surface area contributed by atoms with Gasteiger partial charge in [0.25, 0.3) is 0 Å². The molecule has 13 heavy (non-hydrogen) atoms. The summed E-state index contributed by atoms with van der Waals surface area (Å²) in [5, 5.41) is 0. The van der Waals surface area contributed by atoms with Crippen LogP contribution < -0.4 is 0 Å². The lowest BCUT2D eigenvalue weighted by Gasteiger charge is -2.19. The van der Waals surface area contributed by atoms with Gasteiger partial charge in [0, 0.05) is 19.5 Å². The van der Waals surface area contributed by atoms with Crippen LogP contribution in [-0.4, -0.2) is 23.9 Å². The molecular weight excluding hydrogens is 162 g/mol. The van der Waals surface area contributed by atoms with Crippen LogP contribution in [0, 0.1) is 0 Å². The Balaban J connectivity index is 3.53. The molecule has 0 aromatic carbocycles. The first-order chi connectivity index (χ1) is 6.26. The summed E-state index contributed by atoms with van der Waals surface area (Å²) in [6, 6.07) is 0. The van der Waals surface area contributed by atoms with Gasteiger partial charge in [-0.3, -0.25) is 4.79 Å². The third kappa shape index (κ3) is 5.67. The summed E-state index contributed by atoms with van der Waals surface area (Å²) in [6.07, 6.45) is 5.60. The molecule has 0 aromatic heterocycles. The van der Waals surface area contributed by atoms with Crippen LogP contribution in [0.1, 0.15) is 52.9 Å². The Kier molecular flexibility index (Phi) is 7.76. The highest BCUT2D eigenvalue weighted by Gasteiger charge is 2.07. The molecule has 0 N–H and O–H groups in total. The Hall–Kier alpha value is -0.530. The second-order valence-electron chi connectivity index (χ2n) is 3.39. The summed E-state index contributed by atoms with van der Waals surface area (Å²) in [6.45, 7) is 7.99. The van der Waals surface area contributed by atoms with Gasteiger partial charge in [0.05, 0.1) is 0 Å². The molecule has 0 saturated carbocycles. The molecule has 0 bridgehead atoms. The van der Waals surface area contributed by atoms with Crippen molar-refractivity contribution < 1.29 is 4.79 Å². The van der Waals surface area contributed by atoms with E-state index in [2.05, 4.69) is 6.92 Å². The standard InChI is InChI=1S/C11H23NO/c1-4-7-8-9-10-12(6-3)11(13)5-2/h4-10H2,1-3H3. The first-order valence-corrected chi connectivity index (χ1v) is 5.54. The lowest BCUT2D eigenvalue weighted by molar-refractivity contribution is -0.130. The zero-order valence-electron chi connectivity index (χ0n) is 9.31. The molecule has 0 saturated heterocycles. The van der Waals surface area contributed by atoms with Gasteiger partial charge in [0.1, 0.15) is 0 Å². The quantitative estimate of drug-likeness (QED) is 0.558. The molecule has 78 valence electrons. The summed E-state index contributed by atoms with van der Waals surface area (Å²) >= 11 is 0. The normalized spacial score (nSPS) is 10.1. The summed E-state index contributed by atoms with van der Waals surface area (Å²) in [4.78, 5) is 13.3. The number of hydrogen-bond donors (Lipinski definition) is 0. The Morgan fingerprint density at radius 3 is 2.23 bits per heavy atom. The van der Waals surface area contributed by atoms with Crippen LogP contribution in [0.2, 0.25) is 0 Å². The van der Waals surface area contributed by atoms with E-state index in [0.29, 0.717) is 12.3 Å². The van der Waals surface area contributed by atoms with Crippen LogP contribution in [0.15, 0.2) is 0 Å². The smallest absolute Gasteiger partial charge is 0.222 e. The number of rotatable bonds is 7. The molecule has 0 aliphatic heterocycles. The minimum Gasteiger partial charge on any atom is -0.343 e. The van der Waals surface area contributed by atoms with E-state index < -0.39 is 0 Å². The molecule has 0 aliphatic rings. The fraction of sp³-hybridized carbons (Fsp3) is 0.909. The highest BCUT2D eigenvalue weighted by molar-refractivity contribution is 5.75. The van der Waals surface area contributed by atoms with E-state index in [1.807, 2.05) is 18.7 Å². The molecule has 1 amide bonds. The Morgan fingerprint density at radius 1 is 1.08 bits per heavy atom. The van der Waals surface area contributed by atoms with E-state index in [1.165, 1.54) is 19.3 Å². The van der Waals surface area contributed by atoms with Gasteiger partial charge in [0.2, 0.25) is 5.91 Å². The van der Waals surface area contributed by atoms with Gasteiger partial charge in [-0.05, 0) is 13.3 Å². The van der Waals surface area contributed by atoms with Crippen LogP contribution in [0.3, 0.4) is 0 Å². The van der Waals surface area contributed by atoms with Crippen molar-refractivity contribution in [3.8, 4) is 0 Å². The lowest BCUT2D eigenvalue weighted by Crippen LogP contribution is -2.30. The second kappa shape index (κ2) is 8.09. The van der Waals surface area contributed by atoms with Gasteiger partial charge in [0.15, 0.2) is 0 Å². The number of unbranched alkanes of at least 4 members (excludes halogenated alkanes) is 3. The summed E-state index contributed by atoms with van der Waals surface area (Å²) < 4.78 is 0. The predicted octanol–water partition coefficient (Wildman–Crippen LogP) is 2.83. The highest BCUT2D eigenvalue weighted by atomic mass is 16.2. The first kappa shape index (κ1) is 12.5. The van der Waals surface area contributed by atoms with Gasteiger partial charge in [-0.25, -0.2) is 0 Å². The minimum absolute atomic E-state index is 0.291. The lowest BCUT2D eigenvalue weighted by atomic mass is 10.2. The molecule has 0 rings (SSSR count). The average Bonchev–Trinajstić information content (AvgIpc) is 2.17. The van der Waals surface area contributed by atoms with E-state index in [4.69, 9.17) is 0 Å². The molecule has 0 spiro atoms. The molecule has 0 heterocycles. The molecule has 0 aliphatic carbocycles. The van der Waals surface area contributed by atoms with Crippen molar-refractivity contribution in [1.82, 2.24) is 4.90 Å². The van der Waals surface area contributed by atoms with Crippen molar-refractivity contribution >= 4 is 5.91 Å². The molecule has 0 atom stereocenters. The van der Waals surface area contributed by atoms with Crippen LogP contribution >= 0.6 is 0 Å². The maximum absolute atomic E-state index is 11.3. The molecule has 0 unspecified atom stereocenters. The number of nitrogens with zero attached hydrogens (tertiary/aromatic N) is 1. The number of carbonyl (C=O) groups excluding carboxylic acids is 1. The monoisotopic (exact) mass is 185 g/mol. The Labute approximate surface area is 82.3 Å². The predicted molar refractivity (Wildman–Crippen MR) is 56.7 cm³/mol. The van der Waals surface area contributed by atoms with Crippen molar-refractivity contribution in [2.24, 2.45) is 0 Å². The summed E-state index contributed by atoms with van der Waals surface area (Å²) in [5.41, 5.74) is 0. The topological polar surface area (TPSA) is 20.3 Å². The molecule has 0 fully saturated rings. The van der Waals surface area contributed by atoms with E-state index in [0.717, 1.165) is 19.5 Å². The number of hydrogen-bond acceptors (Lipinski definition) is 1. The van der Waals surface area contributed by atoms with E-state index in [-0.39, 0.29) is 0 Å². The first-order valence-electron chi connectivity index (χ1n) is 5.54. The maximum atomic E-state index is 11.3. The van der Waals surface area contributed by atoms with Crippen molar-refractivity contribution in [1.29, 1.82) is 0 Å². The van der Waals surface area contributed by atoms with Gasteiger partial charge < -0.3 is 4.90 Å². The molecule has 0 aromatic rings. The summed E-state index contributed by atoms with van der Waals surface area (Å²) in [7, 11) is 0. The third-order valence-corrected chi connectivity index (χ3v) is 2.32. The van der Waals surface area contributed by atoms with Crippen molar-refractivity contribution in [3.63, 3.8) is 0 Å². The van der Waals surface area contributed by atoms with Crippen LogP contribution in [0.5, 0.6) is 0 Å². The van der Waals surface area contributed by atoms with E-state index in [1.54, 1.807) is 0 Å².